The molecule has 1 atom stereocenters. The summed E-state index contributed by atoms with van der Waals surface area (Å²) in [6.45, 7) is 6.45. The standard InChI is InChI=1S/C12H20N4O/c1-4-6-10-7-11(15-8-14-10)16-9(3)12(17)13-5-2/h7-9H,4-6H2,1-3H3,(H,13,17)(H,14,15,16). The molecule has 1 rings (SSSR count). The minimum atomic E-state index is -0.292. The predicted octanol–water partition coefficient (Wildman–Crippen LogP) is 1.37. The molecule has 0 aliphatic rings. The number of anilines is 1. The first-order valence-corrected chi connectivity index (χ1v) is 6.02. The van der Waals surface area contributed by atoms with Gasteiger partial charge in [-0.3, -0.25) is 4.79 Å². The van der Waals surface area contributed by atoms with E-state index in [2.05, 4.69) is 27.5 Å². The summed E-state index contributed by atoms with van der Waals surface area (Å²) in [6.07, 6.45) is 3.49. The fourth-order valence-corrected chi connectivity index (χ4v) is 1.48. The zero-order chi connectivity index (χ0) is 12.7. The van der Waals surface area contributed by atoms with Gasteiger partial charge in [0.25, 0.3) is 0 Å². The van der Waals surface area contributed by atoms with Crippen LogP contribution in [0.25, 0.3) is 0 Å². The lowest BCUT2D eigenvalue weighted by Crippen LogP contribution is -2.37. The maximum absolute atomic E-state index is 11.5. The van der Waals surface area contributed by atoms with E-state index in [4.69, 9.17) is 0 Å². The highest BCUT2D eigenvalue weighted by Gasteiger charge is 2.11. The molecule has 0 fully saturated rings. The van der Waals surface area contributed by atoms with E-state index in [1.54, 1.807) is 0 Å². The van der Waals surface area contributed by atoms with Crippen molar-refractivity contribution in [1.29, 1.82) is 0 Å². The molecule has 17 heavy (non-hydrogen) atoms. The monoisotopic (exact) mass is 236 g/mol. The first-order chi connectivity index (χ1) is 8.17. The Balaban J connectivity index is 2.61. The van der Waals surface area contributed by atoms with Gasteiger partial charge in [0.2, 0.25) is 5.91 Å². The molecule has 1 aromatic heterocycles. The van der Waals surface area contributed by atoms with Crippen LogP contribution in [0.1, 0.15) is 32.9 Å². The number of nitrogens with one attached hydrogen (secondary N) is 2. The van der Waals surface area contributed by atoms with Gasteiger partial charge in [-0.25, -0.2) is 9.97 Å². The van der Waals surface area contributed by atoms with E-state index in [-0.39, 0.29) is 11.9 Å². The Labute approximate surface area is 102 Å². The largest absolute Gasteiger partial charge is 0.359 e. The summed E-state index contributed by atoms with van der Waals surface area (Å²) in [4.78, 5) is 19.8. The molecule has 2 N–H and O–H groups in total. The van der Waals surface area contributed by atoms with Crippen molar-refractivity contribution in [2.75, 3.05) is 11.9 Å². The summed E-state index contributed by atoms with van der Waals surface area (Å²) in [5, 5.41) is 5.82. The first kappa shape index (κ1) is 13.4. The quantitative estimate of drug-likeness (QED) is 0.782. The van der Waals surface area contributed by atoms with Crippen LogP contribution in [0, 0.1) is 0 Å². The lowest BCUT2D eigenvalue weighted by Gasteiger charge is -2.14. The normalized spacial score (nSPS) is 11.9. The topological polar surface area (TPSA) is 66.9 Å². The lowest BCUT2D eigenvalue weighted by atomic mass is 10.2. The van der Waals surface area contributed by atoms with Gasteiger partial charge in [-0.15, -0.1) is 0 Å². The molecule has 0 saturated carbocycles. The summed E-state index contributed by atoms with van der Waals surface area (Å²) in [7, 11) is 0. The van der Waals surface area contributed by atoms with Gasteiger partial charge in [0.1, 0.15) is 18.2 Å². The van der Waals surface area contributed by atoms with Crippen LogP contribution < -0.4 is 10.6 Å². The molecule has 1 amide bonds. The van der Waals surface area contributed by atoms with Crippen LogP contribution in [0.3, 0.4) is 0 Å². The number of hydrogen-bond donors (Lipinski definition) is 2. The Morgan fingerprint density at radius 2 is 2.18 bits per heavy atom. The van der Waals surface area contributed by atoms with E-state index >= 15 is 0 Å². The second-order valence-corrected chi connectivity index (χ2v) is 3.91. The van der Waals surface area contributed by atoms with Crippen molar-refractivity contribution in [2.24, 2.45) is 0 Å². The molecule has 1 unspecified atom stereocenters. The summed E-state index contributed by atoms with van der Waals surface area (Å²) >= 11 is 0. The van der Waals surface area contributed by atoms with Crippen molar-refractivity contribution in [3.63, 3.8) is 0 Å². The summed E-state index contributed by atoms with van der Waals surface area (Å²) in [5.74, 6) is 0.672. The molecule has 0 saturated heterocycles. The van der Waals surface area contributed by atoms with Crippen LogP contribution >= 0.6 is 0 Å². The number of likely N-dealkylation sites (N-methyl/N-ethyl adjacent to an activating group) is 1. The van der Waals surface area contributed by atoms with Crippen LogP contribution in [-0.4, -0.2) is 28.5 Å². The highest BCUT2D eigenvalue weighted by Crippen LogP contribution is 2.07. The molecule has 0 aromatic carbocycles. The number of rotatable bonds is 6. The number of aromatic nitrogens is 2. The zero-order valence-corrected chi connectivity index (χ0v) is 10.7. The van der Waals surface area contributed by atoms with Crippen molar-refractivity contribution in [1.82, 2.24) is 15.3 Å². The van der Waals surface area contributed by atoms with E-state index < -0.39 is 0 Å². The average Bonchev–Trinajstić information content (AvgIpc) is 2.30. The zero-order valence-electron chi connectivity index (χ0n) is 10.7. The van der Waals surface area contributed by atoms with Gasteiger partial charge < -0.3 is 10.6 Å². The first-order valence-electron chi connectivity index (χ1n) is 6.02. The van der Waals surface area contributed by atoms with E-state index in [1.807, 2.05) is 19.9 Å². The molecule has 0 radical (unpaired) electrons. The molecule has 5 nitrogen and oxygen atoms in total. The van der Waals surface area contributed by atoms with Gasteiger partial charge >= 0.3 is 0 Å². The smallest absolute Gasteiger partial charge is 0.242 e. The Morgan fingerprint density at radius 1 is 1.41 bits per heavy atom. The maximum atomic E-state index is 11.5. The van der Waals surface area contributed by atoms with Crippen molar-refractivity contribution >= 4 is 11.7 Å². The summed E-state index contributed by atoms with van der Waals surface area (Å²) in [6, 6.07) is 1.60. The number of carbonyl (C=O) groups excluding carboxylic acids is 1. The lowest BCUT2D eigenvalue weighted by molar-refractivity contribution is -0.121. The van der Waals surface area contributed by atoms with Crippen molar-refractivity contribution in [2.45, 2.75) is 39.7 Å². The molecular formula is C12H20N4O. The third kappa shape index (κ3) is 4.38. The number of amides is 1. The summed E-state index contributed by atoms with van der Waals surface area (Å²) < 4.78 is 0. The van der Waals surface area contributed by atoms with E-state index in [1.165, 1.54) is 6.33 Å². The molecule has 1 heterocycles. The highest BCUT2D eigenvalue weighted by molar-refractivity contribution is 5.83. The number of carbonyl (C=O) groups is 1. The molecule has 0 aliphatic carbocycles. The highest BCUT2D eigenvalue weighted by atomic mass is 16.2. The third-order valence-electron chi connectivity index (χ3n) is 2.34. The Kier molecular flexibility index (Phi) is 5.39. The molecular weight excluding hydrogens is 216 g/mol. The predicted molar refractivity (Wildman–Crippen MR) is 67.8 cm³/mol. The number of hydrogen-bond acceptors (Lipinski definition) is 4. The van der Waals surface area contributed by atoms with Crippen molar-refractivity contribution in [3.05, 3.63) is 18.1 Å². The second kappa shape index (κ2) is 6.83. The second-order valence-electron chi connectivity index (χ2n) is 3.91. The maximum Gasteiger partial charge on any atom is 0.242 e. The number of nitrogens with zero attached hydrogens (tertiary/aromatic N) is 2. The third-order valence-corrected chi connectivity index (χ3v) is 2.34. The van der Waals surface area contributed by atoms with E-state index in [0.29, 0.717) is 12.4 Å². The van der Waals surface area contributed by atoms with Crippen LogP contribution in [0.15, 0.2) is 12.4 Å². The average molecular weight is 236 g/mol. The molecule has 5 heteroatoms. The van der Waals surface area contributed by atoms with Gasteiger partial charge in [-0.05, 0) is 20.3 Å². The van der Waals surface area contributed by atoms with Crippen LogP contribution in [0.2, 0.25) is 0 Å². The van der Waals surface area contributed by atoms with Crippen LogP contribution in [0.5, 0.6) is 0 Å². The molecule has 94 valence electrons. The van der Waals surface area contributed by atoms with Gasteiger partial charge in [-0.2, -0.15) is 0 Å². The van der Waals surface area contributed by atoms with Gasteiger partial charge in [0.05, 0.1) is 0 Å². The van der Waals surface area contributed by atoms with Gasteiger partial charge in [-0.1, -0.05) is 13.3 Å². The van der Waals surface area contributed by atoms with E-state index in [0.717, 1.165) is 18.5 Å². The van der Waals surface area contributed by atoms with Crippen molar-refractivity contribution in [3.8, 4) is 0 Å². The molecule has 0 aliphatic heterocycles. The van der Waals surface area contributed by atoms with Gasteiger partial charge in [0.15, 0.2) is 0 Å². The Morgan fingerprint density at radius 3 is 2.82 bits per heavy atom. The molecule has 1 aromatic rings. The molecule has 0 spiro atoms. The fraction of sp³-hybridized carbons (Fsp3) is 0.583. The fourth-order valence-electron chi connectivity index (χ4n) is 1.48. The SMILES string of the molecule is CCCc1cc(NC(C)C(=O)NCC)ncn1. The van der Waals surface area contributed by atoms with Crippen molar-refractivity contribution < 1.29 is 4.79 Å². The Hall–Kier alpha value is -1.65. The van der Waals surface area contributed by atoms with Crippen LogP contribution in [-0.2, 0) is 11.2 Å². The van der Waals surface area contributed by atoms with Crippen LogP contribution in [0.4, 0.5) is 5.82 Å². The summed E-state index contributed by atoms with van der Waals surface area (Å²) in [5.41, 5.74) is 0.994. The van der Waals surface area contributed by atoms with E-state index in [9.17, 15) is 4.79 Å². The van der Waals surface area contributed by atoms with Gasteiger partial charge in [0, 0.05) is 18.3 Å². The molecule has 0 bridgehead atoms. The Bertz CT molecular complexity index is 367. The number of aryl methyl sites for hydroxylation is 1. The minimum Gasteiger partial charge on any atom is -0.359 e. The minimum absolute atomic E-state index is 0.0249.